The van der Waals surface area contributed by atoms with Crippen LogP contribution in [0.15, 0.2) is 72.8 Å². The number of rotatable bonds is 4. The lowest BCUT2D eigenvalue weighted by Crippen LogP contribution is -2.12. The molecule has 0 unspecified atom stereocenters. The van der Waals surface area contributed by atoms with Gasteiger partial charge in [0.15, 0.2) is 0 Å². The zero-order chi connectivity index (χ0) is 20.4. The predicted molar refractivity (Wildman–Crippen MR) is 112 cm³/mol. The summed E-state index contributed by atoms with van der Waals surface area (Å²) in [6.07, 6.45) is 0. The quantitative estimate of drug-likeness (QED) is 0.529. The second-order valence-corrected chi connectivity index (χ2v) is 6.56. The van der Waals surface area contributed by atoms with E-state index >= 15 is 0 Å². The molecule has 0 spiro atoms. The van der Waals surface area contributed by atoms with E-state index in [1.54, 1.807) is 36.4 Å². The molecule has 4 rings (SSSR count). The number of amides is 1. The number of carbonyl (C=O) groups excluding carboxylic acids is 2. The number of fused-ring (bicyclic) bond motifs is 1. The molecule has 0 aliphatic heterocycles. The number of hydrogen-bond acceptors (Lipinski definition) is 4. The van der Waals surface area contributed by atoms with Crippen LogP contribution in [0.1, 0.15) is 26.5 Å². The third kappa shape index (κ3) is 3.60. The average molecular weight is 385 g/mol. The molecule has 6 nitrogen and oxygen atoms in total. The van der Waals surface area contributed by atoms with E-state index in [2.05, 4.69) is 19.6 Å². The Balaban J connectivity index is 1.60. The lowest BCUT2D eigenvalue weighted by molar-refractivity contribution is 0.0600. The van der Waals surface area contributed by atoms with Gasteiger partial charge < -0.3 is 10.1 Å². The molecule has 3 aromatic carbocycles. The van der Waals surface area contributed by atoms with Gasteiger partial charge in [-0.3, -0.25) is 9.36 Å². The second kappa shape index (κ2) is 7.59. The van der Waals surface area contributed by atoms with Crippen molar-refractivity contribution >= 4 is 28.6 Å². The number of esters is 1. The van der Waals surface area contributed by atoms with E-state index < -0.39 is 5.97 Å². The third-order valence-electron chi connectivity index (χ3n) is 4.66. The molecule has 4 aromatic rings. The van der Waals surface area contributed by atoms with E-state index in [1.165, 1.54) is 7.11 Å². The highest BCUT2D eigenvalue weighted by atomic mass is 16.5. The molecular weight excluding hydrogens is 366 g/mol. The second-order valence-electron chi connectivity index (χ2n) is 6.56. The number of methoxy groups -OCH3 is 1. The summed E-state index contributed by atoms with van der Waals surface area (Å²) in [4.78, 5) is 28.8. The normalized spacial score (nSPS) is 10.7. The standard InChI is InChI=1S/C23H19N3O3/c1-15-24-20-14-17(10-13-21(20)26(15)19-6-4-3-5-7-19)22(27)25-18-11-8-16(9-12-18)23(28)29-2/h3-14H,1-2H3,(H,25,27). The summed E-state index contributed by atoms with van der Waals surface area (Å²) >= 11 is 0. The Bertz CT molecular complexity index is 1200. The molecule has 144 valence electrons. The van der Waals surface area contributed by atoms with Crippen LogP contribution >= 0.6 is 0 Å². The third-order valence-corrected chi connectivity index (χ3v) is 4.66. The number of nitrogens with one attached hydrogen (secondary N) is 1. The molecule has 0 aliphatic carbocycles. The van der Waals surface area contributed by atoms with Crippen LogP contribution in [0.2, 0.25) is 0 Å². The van der Waals surface area contributed by atoms with Crippen LogP contribution in [0.25, 0.3) is 16.7 Å². The van der Waals surface area contributed by atoms with Crippen LogP contribution in [-0.4, -0.2) is 28.5 Å². The van der Waals surface area contributed by atoms with Gasteiger partial charge in [-0.05, 0) is 61.5 Å². The summed E-state index contributed by atoms with van der Waals surface area (Å²) in [5.74, 6) is 0.185. The Hall–Kier alpha value is -3.93. The van der Waals surface area contributed by atoms with Crippen molar-refractivity contribution in [2.24, 2.45) is 0 Å². The van der Waals surface area contributed by atoms with Crippen molar-refractivity contribution in [2.75, 3.05) is 12.4 Å². The fraction of sp³-hybridized carbons (Fsp3) is 0.0870. The lowest BCUT2D eigenvalue weighted by atomic mass is 10.1. The minimum absolute atomic E-state index is 0.246. The summed E-state index contributed by atoms with van der Waals surface area (Å²) in [7, 11) is 1.33. The maximum atomic E-state index is 12.7. The number of aromatic nitrogens is 2. The highest BCUT2D eigenvalue weighted by molar-refractivity contribution is 6.06. The fourth-order valence-corrected chi connectivity index (χ4v) is 3.26. The molecule has 0 fully saturated rings. The molecule has 0 saturated carbocycles. The van der Waals surface area contributed by atoms with E-state index in [9.17, 15) is 9.59 Å². The van der Waals surface area contributed by atoms with Crippen LogP contribution in [0, 0.1) is 6.92 Å². The Morgan fingerprint density at radius 1 is 0.931 bits per heavy atom. The number of anilines is 1. The van der Waals surface area contributed by atoms with E-state index in [4.69, 9.17) is 0 Å². The smallest absolute Gasteiger partial charge is 0.337 e. The first kappa shape index (κ1) is 18.4. The van der Waals surface area contributed by atoms with Gasteiger partial charge in [0.25, 0.3) is 5.91 Å². The predicted octanol–water partition coefficient (Wildman–Crippen LogP) is 4.37. The van der Waals surface area contributed by atoms with Gasteiger partial charge in [-0.15, -0.1) is 0 Å². The first-order valence-corrected chi connectivity index (χ1v) is 9.11. The summed E-state index contributed by atoms with van der Waals surface area (Å²) in [6.45, 7) is 1.94. The van der Waals surface area contributed by atoms with Gasteiger partial charge >= 0.3 is 5.97 Å². The maximum absolute atomic E-state index is 12.7. The fourth-order valence-electron chi connectivity index (χ4n) is 3.26. The monoisotopic (exact) mass is 385 g/mol. The number of ether oxygens (including phenoxy) is 1. The maximum Gasteiger partial charge on any atom is 0.337 e. The van der Waals surface area contributed by atoms with Crippen LogP contribution in [0.3, 0.4) is 0 Å². The molecule has 0 bridgehead atoms. The Kier molecular flexibility index (Phi) is 4.83. The van der Waals surface area contributed by atoms with Gasteiger partial charge in [0.05, 0.1) is 23.7 Å². The number of para-hydroxylation sites is 1. The van der Waals surface area contributed by atoms with Crippen LogP contribution < -0.4 is 5.32 Å². The van der Waals surface area contributed by atoms with Crippen LogP contribution in [-0.2, 0) is 4.74 Å². The van der Waals surface area contributed by atoms with E-state index in [1.807, 2.05) is 43.3 Å². The summed E-state index contributed by atoms with van der Waals surface area (Å²) < 4.78 is 6.73. The lowest BCUT2D eigenvalue weighted by Gasteiger charge is -2.08. The molecule has 29 heavy (non-hydrogen) atoms. The Morgan fingerprint density at radius 2 is 1.62 bits per heavy atom. The Labute approximate surface area is 167 Å². The molecule has 1 aromatic heterocycles. The topological polar surface area (TPSA) is 73.2 Å². The van der Waals surface area contributed by atoms with Crippen molar-refractivity contribution in [3.63, 3.8) is 0 Å². The Morgan fingerprint density at radius 3 is 2.31 bits per heavy atom. The largest absolute Gasteiger partial charge is 0.465 e. The zero-order valence-corrected chi connectivity index (χ0v) is 16.0. The van der Waals surface area contributed by atoms with Crippen molar-refractivity contribution in [2.45, 2.75) is 6.92 Å². The highest BCUT2D eigenvalue weighted by Gasteiger charge is 2.13. The number of imidazole rings is 1. The van der Waals surface area contributed by atoms with Crippen LogP contribution in [0.4, 0.5) is 5.69 Å². The number of benzene rings is 3. The molecule has 1 N–H and O–H groups in total. The molecule has 0 saturated heterocycles. The van der Waals surface area contributed by atoms with Crippen LogP contribution in [0.5, 0.6) is 0 Å². The summed E-state index contributed by atoms with van der Waals surface area (Å²) in [5.41, 5.74) is 4.23. The van der Waals surface area contributed by atoms with Gasteiger partial charge in [0.1, 0.15) is 5.82 Å². The summed E-state index contributed by atoms with van der Waals surface area (Å²) in [6, 6.07) is 22.0. The zero-order valence-electron chi connectivity index (χ0n) is 16.0. The van der Waals surface area contributed by atoms with Gasteiger partial charge in [-0.25, -0.2) is 9.78 Å². The van der Waals surface area contributed by atoms with Gasteiger partial charge in [0.2, 0.25) is 0 Å². The molecule has 1 amide bonds. The summed E-state index contributed by atoms with van der Waals surface area (Å²) in [5, 5.41) is 2.83. The molecular formula is C23H19N3O3. The number of nitrogens with zero attached hydrogens (tertiary/aromatic N) is 2. The highest BCUT2D eigenvalue weighted by Crippen LogP contribution is 2.23. The first-order chi connectivity index (χ1) is 14.1. The van der Waals surface area contributed by atoms with E-state index in [0.29, 0.717) is 16.8 Å². The first-order valence-electron chi connectivity index (χ1n) is 9.11. The number of carbonyl (C=O) groups is 2. The molecule has 6 heteroatoms. The number of hydrogen-bond donors (Lipinski definition) is 1. The number of aryl methyl sites for hydroxylation is 1. The van der Waals surface area contributed by atoms with Crippen molar-refractivity contribution in [1.82, 2.24) is 9.55 Å². The van der Waals surface area contributed by atoms with Gasteiger partial charge in [-0.1, -0.05) is 18.2 Å². The minimum atomic E-state index is -0.419. The van der Waals surface area contributed by atoms with Crippen molar-refractivity contribution in [3.8, 4) is 5.69 Å². The molecule has 0 aliphatic rings. The van der Waals surface area contributed by atoms with Crippen molar-refractivity contribution in [3.05, 3.63) is 89.7 Å². The van der Waals surface area contributed by atoms with Gasteiger partial charge in [-0.2, -0.15) is 0 Å². The molecule has 0 radical (unpaired) electrons. The van der Waals surface area contributed by atoms with E-state index in [0.717, 1.165) is 22.5 Å². The van der Waals surface area contributed by atoms with Gasteiger partial charge in [0, 0.05) is 16.9 Å². The van der Waals surface area contributed by atoms with Crippen molar-refractivity contribution in [1.29, 1.82) is 0 Å². The minimum Gasteiger partial charge on any atom is -0.465 e. The SMILES string of the molecule is COC(=O)c1ccc(NC(=O)c2ccc3c(c2)nc(C)n3-c2ccccc2)cc1. The van der Waals surface area contributed by atoms with Crippen molar-refractivity contribution < 1.29 is 14.3 Å². The molecule has 0 atom stereocenters. The average Bonchev–Trinajstić information content (AvgIpc) is 3.09. The van der Waals surface area contributed by atoms with E-state index in [-0.39, 0.29) is 5.91 Å². The molecule has 1 heterocycles.